The molecule has 0 unspecified atom stereocenters. The lowest BCUT2D eigenvalue weighted by atomic mass is 10.1. The summed E-state index contributed by atoms with van der Waals surface area (Å²) in [4.78, 5) is 12.0. The van der Waals surface area contributed by atoms with E-state index in [1.807, 2.05) is 0 Å². The highest BCUT2D eigenvalue weighted by molar-refractivity contribution is 7.20. The molecule has 82 valence electrons. The number of thiophene rings is 1. The molecule has 0 aliphatic heterocycles. The van der Waals surface area contributed by atoms with E-state index in [2.05, 4.69) is 0 Å². The van der Waals surface area contributed by atoms with Gasteiger partial charge in [-0.1, -0.05) is 6.07 Å². The highest BCUT2D eigenvalue weighted by atomic mass is 32.1. The van der Waals surface area contributed by atoms with Crippen LogP contribution in [0.1, 0.15) is 9.67 Å². The summed E-state index contributed by atoms with van der Waals surface area (Å²) in [6.45, 7) is 0. The van der Waals surface area contributed by atoms with Gasteiger partial charge in [0.05, 0.1) is 17.0 Å². The number of nitriles is 2. The molecule has 1 aromatic heterocycles. The lowest BCUT2D eigenvalue weighted by Gasteiger charge is -1.93. The summed E-state index contributed by atoms with van der Waals surface area (Å²) >= 11 is 1.09. The minimum absolute atomic E-state index is 0.304. The molecule has 0 spiro atoms. The monoisotopic (exact) mass is 244 g/mol. The fraction of sp³-hybridized carbons (Fsp3) is 0.0833. The summed E-state index contributed by atoms with van der Waals surface area (Å²) in [5.74, 6) is -2.21. The Morgan fingerprint density at radius 1 is 1.29 bits per heavy atom. The molecular weight excluding hydrogens is 239 g/mol. The second-order valence-corrected chi connectivity index (χ2v) is 4.43. The van der Waals surface area contributed by atoms with Gasteiger partial charge < -0.3 is 0 Å². The number of fused-ring (bicyclic) bond motifs is 1. The molecule has 1 heterocycles. The van der Waals surface area contributed by atoms with Crippen LogP contribution in [0.4, 0.5) is 4.39 Å². The predicted octanol–water partition coefficient (Wildman–Crippen LogP) is 2.89. The van der Waals surface area contributed by atoms with Gasteiger partial charge in [-0.2, -0.15) is 10.5 Å². The van der Waals surface area contributed by atoms with E-state index in [0.29, 0.717) is 9.58 Å². The Bertz CT molecular complexity index is 664. The Morgan fingerprint density at radius 2 is 2.00 bits per heavy atom. The van der Waals surface area contributed by atoms with Crippen LogP contribution in [0.2, 0.25) is 0 Å². The first-order valence-electron chi connectivity index (χ1n) is 4.68. The van der Waals surface area contributed by atoms with E-state index in [-0.39, 0.29) is 5.82 Å². The number of hydrogen-bond acceptors (Lipinski definition) is 4. The first-order chi connectivity index (χ1) is 8.15. The van der Waals surface area contributed by atoms with Crippen LogP contribution >= 0.6 is 11.3 Å². The number of halogens is 1. The number of carbonyl (C=O) groups excluding carboxylic acids is 1. The van der Waals surface area contributed by atoms with Crippen molar-refractivity contribution in [2.45, 2.75) is 0 Å². The van der Waals surface area contributed by atoms with Crippen molar-refractivity contribution in [2.24, 2.45) is 5.92 Å². The van der Waals surface area contributed by atoms with Gasteiger partial charge in [0, 0.05) is 4.70 Å². The maximum absolute atomic E-state index is 13.0. The molecule has 0 saturated carbocycles. The van der Waals surface area contributed by atoms with E-state index in [4.69, 9.17) is 10.5 Å². The van der Waals surface area contributed by atoms with Crippen molar-refractivity contribution >= 4 is 27.2 Å². The zero-order valence-electron chi connectivity index (χ0n) is 8.48. The van der Waals surface area contributed by atoms with Gasteiger partial charge in [-0.3, -0.25) is 4.79 Å². The lowest BCUT2D eigenvalue weighted by Crippen LogP contribution is -2.08. The molecule has 0 saturated heterocycles. The fourth-order valence-corrected chi connectivity index (χ4v) is 2.47. The third-order valence-electron chi connectivity index (χ3n) is 2.25. The lowest BCUT2D eigenvalue weighted by molar-refractivity contribution is 0.0975. The van der Waals surface area contributed by atoms with Gasteiger partial charge in [0.25, 0.3) is 0 Å². The Balaban J connectivity index is 2.48. The molecule has 0 amide bonds. The minimum Gasteiger partial charge on any atom is -0.291 e. The van der Waals surface area contributed by atoms with Crippen molar-refractivity contribution in [3.63, 3.8) is 0 Å². The molecule has 5 heteroatoms. The summed E-state index contributed by atoms with van der Waals surface area (Å²) in [6, 6.07) is 9.01. The molecule has 2 rings (SSSR count). The molecule has 0 bridgehead atoms. The molecule has 0 fully saturated rings. The molecular formula is C12H5FN2OS. The van der Waals surface area contributed by atoms with E-state index >= 15 is 0 Å². The zero-order chi connectivity index (χ0) is 12.4. The number of nitrogens with zero attached hydrogens (tertiary/aromatic N) is 2. The molecule has 0 aliphatic carbocycles. The highest BCUT2D eigenvalue weighted by Crippen LogP contribution is 2.27. The largest absolute Gasteiger partial charge is 0.291 e. The van der Waals surface area contributed by atoms with Crippen LogP contribution in [-0.4, -0.2) is 5.78 Å². The average Bonchev–Trinajstić information content (AvgIpc) is 2.73. The molecule has 3 nitrogen and oxygen atoms in total. The van der Waals surface area contributed by atoms with Crippen molar-refractivity contribution in [3.05, 3.63) is 35.0 Å². The van der Waals surface area contributed by atoms with Crippen molar-refractivity contribution in [3.8, 4) is 12.1 Å². The van der Waals surface area contributed by atoms with Crippen LogP contribution in [0.5, 0.6) is 0 Å². The van der Waals surface area contributed by atoms with Crippen LogP contribution in [-0.2, 0) is 0 Å². The van der Waals surface area contributed by atoms with Gasteiger partial charge in [0.2, 0.25) is 5.78 Å². The normalized spacial score (nSPS) is 10.1. The number of rotatable bonds is 2. The van der Waals surface area contributed by atoms with Gasteiger partial charge in [-0.25, -0.2) is 4.39 Å². The third kappa shape index (κ3) is 2.01. The maximum Gasteiger partial charge on any atom is 0.204 e. The second-order valence-electron chi connectivity index (χ2n) is 3.35. The fourth-order valence-electron chi connectivity index (χ4n) is 1.41. The molecule has 0 atom stereocenters. The Labute approximate surface area is 100 Å². The van der Waals surface area contributed by atoms with Crippen molar-refractivity contribution < 1.29 is 9.18 Å². The minimum atomic E-state index is -1.30. The molecule has 17 heavy (non-hydrogen) atoms. The van der Waals surface area contributed by atoms with Crippen LogP contribution in [0.15, 0.2) is 24.3 Å². The predicted molar refractivity (Wildman–Crippen MR) is 60.8 cm³/mol. The number of hydrogen-bond donors (Lipinski definition) is 0. The SMILES string of the molecule is N#CC(C#N)C(=O)c1cc2ccc(F)cc2s1. The van der Waals surface area contributed by atoms with Gasteiger partial charge >= 0.3 is 0 Å². The molecule has 0 radical (unpaired) electrons. The topological polar surface area (TPSA) is 64.7 Å². The Kier molecular flexibility index (Phi) is 2.86. The summed E-state index contributed by atoms with van der Waals surface area (Å²) in [5, 5.41) is 18.0. The smallest absolute Gasteiger partial charge is 0.204 e. The van der Waals surface area contributed by atoms with E-state index in [1.165, 1.54) is 12.1 Å². The van der Waals surface area contributed by atoms with E-state index in [0.717, 1.165) is 16.7 Å². The van der Waals surface area contributed by atoms with E-state index in [9.17, 15) is 9.18 Å². The summed E-state index contributed by atoms with van der Waals surface area (Å²) in [6.07, 6.45) is 0. The van der Waals surface area contributed by atoms with E-state index < -0.39 is 11.7 Å². The van der Waals surface area contributed by atoms with Gasteiger partial charge in [-0.05, 0) is 23.6 Å². The Hall–Kier alpha value is -2.24. The van der Waals surface area contributed by atoms with Crippen LogP contribution in [0.25, 0.3) is 10.1 Å². The van der Waals surface area contributed by atoms with Crippen molar-refractivity contribution in [1.29, 1.82) is 10.5 Å². The average molecular weight is 244 g/mol. The summed E-state index contributed by atoms with van der Waals surface area (Å²) in [5.41, 5.74) is 0. The molecule has 0 aliphatic rings. The van der Waals surface area contributed by atoms with E-state index in [1.54, 1.807) is 24.3 Å². The number of Topliss-reactive ketones (excluding diaryl/α,β-unsaturated/α-hetero) is 1. The number of carbonyl (C=O) groups is 1. The zero-order valence-corrected chi connectivity index (χ0v) is 9.29. The highest BCUT2D eigenvalue weighted by Gasteiger charge is 2.21. The summed E-state index contributed by atoms with van der Waals surface area (Å²) < 4.78 is 13.6. The first kappa shape index (κ1) is 11.3. The summed E-state index contributed by atoms with van der Waals surface area (Å²) in [7, 11) is 0. The second kappa shape index (κ2) is 4.32. The van der Waals surface area contributed by atoms with Crippen LogP contribution < -0.4 is 0 Å². The standard InChI is InChI=1S/C12H5FN2OS/c13-9-2-1-7-3-11(17-10(7)4-9)12(16)8(5-14)6-15/h1-4,8H. The van der Waals surface area contributed by atoms with Gasteiger partial charge in [0.1, 0.15) is 5.82 Å². The first-order valence-corrected chi connectivity index (χ1v) is 5.50. The van der Waals surface area contributed by atoms with Crippen molar-refractivity contribution in [1.82, 2.24) is 0 Å². The number of ketones is 1. The third-order valence-corrected chi connectivity index (χ3v) is 3.36. The van der Waals surface area contributed by atoms with Crippen LogP contribution in [0.3, 0.4) is 0 Å². The number of benzene rings is 1. The van der Waals surface area contributed by atoms with Gasteiger partial charge in [-0.15, -0.1) is 11.3 Å². The molecule has 0 N–H and O–H groups in total. The van der Waals surface area contributed by atoms with Crippen LogP contribution in [0, 0.1) is 34.4 Å². The van der Waals surface area contributed by atoms with Gasteiger partial charge in [0.15, 0.2) is 5.92 Å². The maximum atomic E-state index is 13.0. The molecule has 2 aromatic rings. The Morgan fingerprint density at radius 3 is 2.65 bits per heavy atom. The molecule has 1 aromatic carbocycles. The quantitative estimate of drug-likeness (QED) is 0.763. The van der Waals surface area contributed by atoms with Crippen molar-refractivity contribution in [2.75, 3.05) is 0 Å².